The fourth-order valence-corrected chi connectivity index (χ4v) is 3.39. The summed E-state index contributed by atoms with van der Waals surface area (Å²) in [5.41, 5.74) is -0.478. The lowest BCUT2D eigenvalue weighted by molar-refractivity contribution is -0.462. The molecule has 1 atom stereocenters. The van der Waals surface area contributed by atoms with Crippen molar-refractivity contribution in [3.8, 4) is 0 Å². The number of hydrogen-bond acceptors (Lipinski definition) is 9. The van der Waals surface area contributed by atoms with Crippen molar-refractivity contribution in [2.24, 2.45) is 0 Å². The molecule has 0 aromatic rings. The molecule has 0 aliphatic rings. The topological polar surface area (TPSA) is 102 Å². The lowest BCUT2D eigenvalue weighted by Gasteiger charge is -2.43. The minimum Gasteiger partial charge on any atom is -0.460 e. The second kappa shape index (κ2) is 20.6. The van der Waals surface area contributed by atoms with E-state index < -0.39 is 91.5 Å². The van der Waals surface area contributed by atoms with Crippen molar-refractivity contribution < 1.29 is 118 Å². The molecule has 0 fully saturated rings. The number of halogens is 17. The number of ether oxygens (including phenoxy) is 7. The molecule has 0 aromatic heterocycles. The Kier molecular flexibility index (Phi) is 19.7. The van der Waals surface area contributed by atoms with Gasteiger partial charge in [0.05, 0.1) is 85.4 Å². The van der Waals surface area contributed by atoms with Gasteiger partial charge < -0.3 is 38.3 Å². The highest BCUT2D eigenvalue weighted by molar-refractivity contribution is 5.86. The van der Waals surface area contributed by atoms with Crippen LogP contribution in [0, 0.1) is 0 Å². The molecular formula is C27H35F17O9. The van der Waals surface area contributed by atoms with E-state index in [9.17, 15) is 79.4 Å². The van der Waals surface area contributed by atoms with E-state index >= 15 is 0 Å². The lowest BCUT2D eigenvalue weighted by atomic mass is 9.87. The summed E-state index contributed by atoms with van der Waals surface area (Å²) in [6.45, 7) is 1.42. The van der Waals surface area contributed by atoms with Crippen molar-refractivity contribution >= 4 is 5.97 Å². The smallest absolute Gasteiger partial charge is 0.460 e. The van der Waals surface area contributed by atoms with Crippen molar-refractivity contribution in [1.82, 2.24) is 0 Å². The Morgan fingerprint density at radius 1 is 0.528 bits per heavy atom. The first-order chi connectivity index (χ1) is 24.0. The van der Waals surface area contributed by atoms with Gasteiger partial charge in [0, 0.05) is 12.0 Å². The third kappa shape index (κ3) is 12.9. The highest BCUT2D eigenvalue weighted by Gasteiger charge is 2.95. The number of aliphatic hydroxyl groups is 1. The second-order valence-corrected chi connectivity index (χ2v) is 10.5. The van der Waals surface area contributed by atoms with E-state index in [0.717, 1.165) is 6.92 Å². The van der Waals surface area contributed by atoms with Gasteiger partial charge in [-0.25, -0.2) is 4.79 Å². The van der Waals surface area contributed by atoms with Crippen LogP contribution in [0.3, 0.4) is 0 Å². The van der Waals surface area contributed by atoms with Gasteiger partial charge in [-0.1, -0.05) is 6.58 Å². The molecule has 0 amide bonds. The van der Waals surface area contributed by atoms with Crippen molar-refractivity contribution in [2.45, 2.75) is 67.1 Å². The van der Waals surface area contributed by atoms with Gasteiger partial charge in [0.15, 0.2) is 0 Å². The Labute approximate surface area is 289 Å². The maximum absolute atomic E-state index is 14.6. The van der Waals surface area contributed by atoms with Gasteiger partial charge in [-0.2, -0.15) is 74.6 Å². The van der Waals surface area contributed by atoms with Gasteiger partial charge in [-0.05, 0) is 6.92 Å². The first-order valence-electron chi connectivity index (χ1n) is 14.7. The van der Waals surface area contributed by atoms with Crippen molar-refractivity contribution in [2.75, 3.05) is 85.9 Å². The monoisotopic (exact) mass is 826 g/mol. The summed E-state index contributed by atoms with van der Waals surface area (Å²) < 4.78 is 266. The van der Waals surface area contributed by atoms with E-state index in [0.29, 0.717) is 0 Å². The molecule has 0 spiro atoms. The molecule has 1 N–H and O–H groups in total. The first kappa shape index (κ1) is 50.7. The number of carbonyl (C=O) groups is 1. The molecule has 0 saturated heterocycles. The quantitative estimate of drug-likeness (QED) is 0.0424. The number of rotatable bonds is 29. The minimum absolute atomic E-state index is 0.0247. The summed E-state index contributed by atoms with van der Waals surface area (Å²) in [5.74, 6) is -59.0. The number of carbonyl (C=O) groups excluding carboxylic acids is 1. The van der Waals surface area contributed by atoms with Crippen LogP contribution in [0.1, 0.15) is 13.3 Å². The molecule has 53 heavy (non-hydrogen) atoms. The standard InChI is InChI=1S/C27H35F17O9/c1-17(2)19(46)53-16-18(52-14-13-51-12-11-50-10-9-49-8-7-48-6-5-47-4-3-45)15-20(28,29)21(30,31)22(32,33)23(34,35)24(36,37)25(38,39)26(40,41)27(42,43)44/h18,45H,1,3-16H2,2H3. The zero-order chi connectivity index (χ0) is 41.6. The van der Waals surface area contributed by atoms with Gasteiger partial charge in [0.25, 0.3) is 0 Å². The molecule has 0 saturated carbocycles. The Hall–Kier alpha value is -2.26. The number of hydrogen-bond donors (Lipinski definition) is 1. The van der Waals surface area contributed by atoms with Crippen molar-refractivity contribution in [1.29, 1.82) is 0 Å². The highest BCUT2D eigenvalue weighted by Crippen LogP contribution is 2.64. The van der Waals surface area contributed by atoms with Crippen LogP contribution in [-0.2, 0) is 38.0 Å². The predicted molar refractivity (Wildman–Crippen MR) is 142 cm³/mol. The summed E-state index contributed by atoms with van der Waals surface area (Å²) >= 11 is 0. The van der Waals surface area contributed by atoms with E-state index in [1.165, 1.54) is 0 Å². The Morgan fingerprint density at radius 2 is 0.849 bits per heavy atom. The minimum atomic E-state index is -8.75. The zero-order valence-electron chi connectivity index (χ0n) is 27.3. The zero-order valence-corrected chi connectivity index (χ0v) is 27.3. The van der Waals surface area contributed by atoms with Crippen LogP contribution < -0.4 is 0 Å². The third-order valence-electron chi connectivity index (χ3n) is 6.32. The molecule has 26 heteroatoms. The summed E-state index contributed by atoms with van der Waals surface area (Å²) in [4.78, 5) is 11.6. The fourth-order valence-electron chi connectivity index (χ4n) is 3.39. The SMILES string of the molecule is C=C(C)C(=O)OCC(CC(F)(F)C(F)(F)C(F)(F)C(F)(F)C(F)(F)C(F)(F)C(F)(F)C(F)(F)F)OCCOCCOCCOCCOCCOCCO. The average molecular weight is 827 g/mol. The molecule has 0 radical (unpaired) electrons. The fraction of sp³-hybridized carbons (Fsp3) is 0.889. The van der Waals surface area contributed by atoms with E-state index in [1.54, 1.807) is 0 Å². The third-order valence-corrected chi connectivity index (χ3v) is 6.32. The highest BCUT2D eigenvalue weighted by atomic mass is 19.4. The lowest BCUT2D eigenvalue weighted by Crippen LogP contribution is -2.74. The van der Waals surface area contributed by atoms with Crippen LogP contribution in [0.25, 0.3) is 0 Å². The summed E-state index contributed by atoms with van der Waals surface area (Å²) in [7, 11) is 0. The summed E-state index contributed by atoms with van der Waals surface area (Å²) in [5, 5.41) is 8.53. The maximum Gasteiger partial charge on any atom is 0.460 e. The van der Waals surface area contributed by atoms with Crippen molar-refractivity contribution in [3.63, 3.8) is 0 Å². The number of alkyl halides is 17. The van der Waals surface area contributed by atoms with Gasteiger partial charge in [-0.3, -0.25) is 0 Å². The number of esters is 1. The Balaban J connectivity index is 5.45. The van der Waals surface area contributed by atoms with Gasteiger partial charge in [0.1, 0.15) is 6.61 Å². The van der Waals surface area contributed by atoms with E-state index in [1.807, 2.05) is 0 Å². The largest absolute Gasteiger partial charge is 0.460 e. The molecular weight excluding hydrogens is 791 g/mol. The van der Waals surface area contributed by atoms with Crippen LogP contribution in [0.2, 0.25) is 0 Å². The molecule has 9 nitrogen and oxygen atoms in total. The average Bonchev–Trinajstić information content (AvgIpc) is 3.03. The van der Waals surface area contributed by atoms with E-state index in [4.69, 9.17) is 28.8 Å². The van der Waals surface area contributed by atoms with Gasteiger partial charge in [0.2, 0.25) is 0 Å². The van der Waals surface area contributed by atoms with Gasteiger partial charge in [-0.15, -0.1) is 0 Å². The molecule has 316 valence electrons. The number of aliphatic hydroxyl groups excluding tert-OH is 1. The van der Waals surface area contributed by atoms with Crippen LogP contribution in [0.5, 0.6) is 0 Å². The Bertz CT molecular complexity index is 1110. The molecule has 0 bridgehead atoms. The molecule has 0 heterocycles. The van der Waals surface area contributed by atoms with Crippen LogP contribution >= 0.6 is 0 Å². The van der Waals surface area contributed by atoms with Crippen LogP contribution in [-0.4, -0.2) is 151 Å². The Morgan fingerprint density at radius 3 is 1.19 bits per heavy atom. The normalized spacial score (nSPS) is 14.8. The maximum atomic E-state index is 14.6. The molecule has 0 rings (SSSR count). The molecule has 0 aliphatic carbocycles. The van der Waals surface area contributed by atoms with Crippen molar-refractivity contribution in [3.05, 3.63) is 12.2 Å². The van der Waals surface area contributed by atoms with E-state index in [2.05, 4.69) is 16.1 Å². The summed E-state index contributed by atoms with van der Waals surface area (Å²) in [6.07, 6.45) is -13.5. The van der Waals surface area contributed by atoms with Gasteiger partial charge >= 0.3 is 53.6 Å². The van der Waals surface area contributed by atoms with Crippen LogP contribution in [0.15, 0.2) is 12.2 Å². The molecule has 0 aliphatic heterocycles. The van der Waals surface area contributed by atoms with E-state index in [-0.39, 0.29) is 66.1 Å². The predicted octanol–water partition coefficient (Wildman–Crippen LogP) is 5.97. The van der Waals surface area contributed by atoms with Crippen LogP contribution in [0.4, 0.5) is 74.6 Å². The first-order valence-corrected chi connectivity index (χ1v) is 14.7. The molecule has 0 aromatic carbocycles. The summed E-state index contributed by atoms with van der Waals surface area (Å²) in [6, 6.07) is 0. The second-order valence-electron chi connectivity index (χ2n) is 10.5. The molecule has 1 unspecified atom stereocenters.